The first-order valence-corrected chi connectivity index (χ1v) is 11.7. The fraction of sp³-hybridized carbons (Fsp3) is 0.409. The molecule has 1 heterocycles. The Morgan fingerprint density at radius 3 is 2.23 bits per heavy atom. The maximum absolute atomic E-state index is 12.7. The number of carbonyl (C=O) groups is 1. The van der Waals surface area contributed by atoms with Crippen molar-refractivity contribution in [1.82, 2.24) is 9.62 Å². The molecule has 3 rings (SSSR count). The van der Waals surface area contributed by atoms with E-state index in [0.29, 0.717) is 43.2 Å². The molecule has 168 valence electrons. The number of methoxy groups -OCH3 is 2. The number of hydrogen-bond donors (Lipinski definition) is 1. The van der Waals surface area contributed by atoms with E-state index >= 15 is 0 Å². The number of amides is 1. The molecule has 8 nitrogen and oxygen atoms in total. The number of aryl methyl sites for hydroxylation is 1. The molecule has 9 heteroatoms. The highest BCUT2D eigenvalue weighted by Crippen LogP contribution is 2.22. The Labute approximate surface area is 183 Å². The number of nitrogens with zero attached hydrogens (tertiary/aromatic N) is 2. The van der Waals surface area contributed by atoms with Gasteiger partial charge in [-0.05, 0) is 36.8 Å². The molecule has 1 fully saturated rings. The first kappa shape index (κ1) is 22.9. The van der Waals surface area contributed by atoms with Crippen LogP contribution in [0.15, 0.2) is 42.5 Å². The zero-order valence-corrected chi connectivity index (χ0v) is 18.9. The van der Waals surface area contributed by atoms with E-state index in [9.17, 15) is 13.2 Å². The van der Waals surface area contributed by atoms with Gasteiger partial charge in [0.15, 0.2) is 0 Å². The van der Waals surface area contributed by atoms with E-state index in [4.69, 9.17) is 9.47 Å². The second kappa shape index (κ2) is 10.0. The van der Waals surface area contributed by atoms with Gasteiger partial charge in [0.05, 0.1) is 20.0 Å². The van der Waals surface area contributed by atoms with E-state index in [0.717, 1.165) is 5.69 Å². The predicted octanol–water partition coefficient (Wildman–Crippen LogP) is 1.89. The number of ether oxygens (including phenoxy) is 2. The fourth-order valence-electron chi connectivity index (χ4n) is 3.51. The molecule has 0 unspecified atom stereocenters. The van der Waals surface area contributed by atoms with Crippen molar-refractivity contribution in [2.75, 3.05) is 57.6 Å². The van der Waals surface area contributed by atoms with Gasteiger partial charge in [-0.2, -0.15) is 4.31 Å². The highest BCUT2D eigenvalue weighted by molar-refractivity contribution is 7.89. The minimum atomic E-state index is -3.46. The van der Waals surface area contributed by atoms with Gasteiger partial charge in [0, 0.05) is 50.0 Å². The third-order valence-electron chi connectivity index (χ3n) is 5.26. The lowest BCUT2D eigenvalue weighted by Crippen LogP contribution is -2.50. The molecule has 0 bridgehead atoms. The molecule has 0 aromatic heterocycles. The number of carbonyl (C=O) groups excluding carboxylic acids is 1. The third-order valence-corrected chi connectivity index (χ3v) is 7.13. The summed E-state index contributed by atoms with van der Waals surface area (Å²) in [5.74, 6) is 0.452. The molecular formula is C22H29N3O5S. The smallest absolute Gasteiger partial charge is 0.251 e. The van der Waals surface area contributed by atoms with Crippen molar-refractivity contribution in [2.24, 2.45) is 0 Å². The molecule has 2 aromatic rings. The van der Waals surface area contributed by atoms with Crippen LogP contribution in [0.4, 0.5) is 5.69 Å². The Bertz CT molecular complexity index is 995. The lowest BCUT2D eigenvalue weighted by molar-refractivity contribution is 0.0955. The third kappa shape index (κ3) is 5.89. The molecule has 1 aliphatic heterocycles. The molecular weight excluding hydrogens is 418 g/mol. The number of anilines is 1. The molecule has 0 spiro atoms. The normalized spacial score (nSPS) is 14.9. The second-order valence-electron chi connectivity index (χ2n) is 7.40. The Kier molecular flexibility index (Phi) is 7.40. The highest BCUT2D eigenvalue weighted by Gasteiger charge is 2.27. The van der Waals surface area contributed by atoms with Gasteiger partial charge in [0.1, 0.15) is 11.5 Å². The van der Waals surface area contributed by atoms with Crippen molar-refractivity contribution in [3.8, 4) is 11.5 Å². The van der Waals surface area contributed by atoms with Gasteiger partial charge in [-0.25, -0.2) is 8.42 Å². The molecule has 1 saturated heterocycles. The number of sulfonamides is 1. The van der Waals surface area contributed by atoms with Crippen LogP contribution in [-0.4, -0.2) is 71.3 Å². The fourth-order valence-corrected chi connectivity index (χ4v) is 4.85. The summed E-state index contributed by atoms with van der Waals surface area (Å²) in [6.45, 7) is 4.20. The summed E-state index contributed by atoms with van der Waals surface area (Å²) >= 11 is 0. The van der Waals surface area contributed by atoms with Crippen molar-refractivity contribution in [3.05, 3.63) is 53.6 Å². The zero-order valence-electron chi connectivity index (χ0n) is 18.1. The number of nitrogens with one attached hydrogen (secondary N) is 1. The maximum Gasteiger partial charge on any atom is 0.251 e. The number of benzene rings is 2. The van der Waals surface area contributed by atoms with Gasteiger partial charge < -0.3 is 19.7 Å². The van der Waals surface area contributed by atoms with Crippen LogP contribution in [0.1, 0.15) is 15.9 Å². The van der Waals surface area contributed by atoms with Crippen molar-refractivity contribution >= 4 is 21.6 Å². The van der Waals surface area contributed by atoms with E-state index < -0.39 is 10.0 Å². The zero-order chi connectivity index (χ0) is 22.4. The van der Waals surface area contributed by atoms with Crippen LogP contribution < -0.4 is 19.7 Å². The topological polar surface area (TPSA) is 88.2 Å². The van der Waals surface area contributed by atoms with Gasteiger partial charge in [0.25, 0.3) is 5.91 Å². The molecule has 0 aliphatic carbocycles. The summed E-state index contributed by atoms with van der Waals surface area (Å²) in [4.78, 5) is 14.6. The van der Waals surface area contributed by atoms with Gasteiger partial charge in [0.2, 0.25) is 10.0 Å². The minimum Gasteiger partial charge on any atom is -0.497 e. The van der Waals surface area contributed by atoms with Crippen LogP contribution in [-0.2, 0) is 10.0 Å². The first-order valence-electron chi connectivity index (χ1n) is 10.1. The largest absolute Gasteiger partial charge is 0.497 e. The van der Waals surface area contributed by atoms with Gasteiger partial charge >= 0.3 is 0 Å². The molecule has 0 atom stereocenters. The monoisotopic (exact) mass is 447 g/mol. The quantitative estimate of drug-likeness (QED) is 0.665. The maximum atomic E-state index is 12.7. The summed E-state index contributed by atoms with van der Waals surface area (Å²) in [5.41, 5.74) is 2.63. The first-order chi connectivity index (χ1) is 14.8. The van der Waals surface area contributed by atoms with E-state index in [2.05, 4.69) is 16.3 Å². The summed E-state index contributed by atoms with van der Waals surface area (Å²) in [6.07, 6.45) is 0. The van der Waals surface area contributed by atoms with Crippen molar-refractivity contribution in [2.45, 2.75) is 6.92 Å². The summed E-state index contributed by atoms with van der Waals surface area (Å²) < 4.78 is 37.3. The Morgan fingerprint density at radius 1 is 1.00 bits per heavy atom. The molecule has 1 aliphatic rings. The number of hydrogen-bond acceptors (Lipinski definition) is 6. The lowest BCUT2D eigenvalue weighted by atomic mass is 10.2. The van der Waals surface area contributed by atoms with Crippen molar-refractivity contribution < 1.29 is 22.7 Å². The van der Waals surface area contributed by atoms with E-state index in [1.807, 2.05) is 25.1 Å². The molecule has 0 saturated carbocycles. The Hall–Kier alpha value is -2.78. The van der Waals surface area contributed by atoms with E-state index in [1.165, 1.54) is 24.1 Å². The predicted molar refractivity (Wildman–Crippen MR) is 121 cm³/mol. The van der Waals surface area contributed by atoms with Crippen LogP contribution >= 0.6 is 0 Å². The molecule has 2 aromatic carbocycles. The lowest BCUT2D eigenvalue weighted by Gasteiger charge is -2.35. The van der Waals surface area contributed by atoms with Gasteiger partial charge in [-0.1, -0.05) is 12.1 Å². The SMILES string of the molecule is COc1cc(OC)cc(C(=O)NCCS(=O)(=O)N2CCN(c3cccc(C)c3)CC2)c1. The van der Waals surface area contributed by atoms with E-state index in [-0.39, 0.29) is 18.2 Å². The van der Waals surface area contributed by atoms with Crippen LogP contribution in [0, 0.1) is 6.92 Å². The molecule has 0 radical (unpaired) electrons. The molecule has 1 amide bonds. The van der Waals surface area contributed by atoms with E-state index in [1.54, 1.807) is 18.2 Å². The summed E-state index contributed by atoms with van der Waals surface area (Å²) in [5, 5.41) is 2.67. The standard InChI is InChI=1S/C22H29N3O5S/c1-17-5-4-6-19(13-17)24-8-10-25(11-9-24)31(27,28)12-7-23-22(26)18-14-20(29-2)16-21(15-18)30-3/h4-6,13-16H,7-12H2,1-3H3,(H,23,26). The van der Waals surface area contributed by atoms with Crippen LogP contribution in [0.25, 0.3) is 0 Å². The number of piperazine rings is 1. The number of rotatable bonds is 8. The second-order valence-corrected chi connectivity index (χ2v) is 9.49. The highest BCUT2D eigenvalue weighted by atomic mass is 32.2. The summed E-state index contributed by atoms with van der Waals surface area (Å²) in [6, 6.07) is 13.0. The van der Waals surface area contributed by atoms with Gasteiger partial charge in [-0.3, -0.25) is 4.79 Å². The molecule has 1 N–H and O–H groups in total. The average Bonchev–Trinajstić information content (AvgIpc) is 2.78. The average molecular weight is 448 g/mol. The summed E-state index contributed by atoms with van der Waals surface area (Å²) in [7, 11) is -0.455. The minimum absolute atomic E-state index is 0.0266. The molecule has 31 heavy (non-hydrogen) atoms. The van der Waals surface area contributed by atoms with Crippen molar-refractivity contribution in [1.29, 1.82) is 0 Å². The van der Waals surface area contributed by atoms with Crippen LogP contribution in [0.2, 0.25) is 0 Å². The van der Waals surface area contributed by atoms with Crippen molar-refractivity contribution in [3.63, 3.8) is 0 Å². The Morgan fingerprint density at radius 2 is 1.65 bits per heavy atom. The Balaban J connectivity index is 1.52. The van der Waals surface area contributed by atoms with Gasteiger partial charge in [-0.15, -0.1) is 0 Å². The van der Waals surface area contributed by atoms with Crippen LogP contribution in [0.5, 0.6) is 11.5 Å². The van der Waals surface area contributed by atoms with Crippen LogP contribution in [0.3, 0.4) is 0 Å².